The predicted molar refractivity (Wildman–Crippen MR) is 77.2 cm³/mol. The normalized spacial score (nSPS) is 21.7. The highest BCUT2D eigenvalue weighted by Crippen LogP contribution is 2.23. The molecule has 1 aliphatic heterocycles. The van der Waals surface area contributed by atoms with Crippen molar-refractivity contribution in [2.24, 2.45) is 11.8 Å². The number of rotatable bonds is 10. The molecule has 1 rings (SSSR count). The Morgan fingerprint density at radius 1 is 1.22 bits per heavy atom. The Morgan fingerprint density at radius 3 is 2.44 bits per heavy atom. The van der Waals surface area contributed by atoms with Crippen molar-refractivity contribution >= 4 is 0 Å². The van der Waals surface area contributed by atoms with Crippen LogP contribution in [0.15, 0.2) is 0 Å². The number of ether oxygens (including phenoxy) is 1. The number of hydrogen-bond acceptors (Lipinski definition) is 3. The lowest BCUT2D eigenvalue weighted by molar-refractivity contribution is 0.100. The summed E-state index contributed by atoms with van der Waals surface area (Å²) in [7, 11) is 0. The molecule has 0 aromatic heterocycles. The average molecular weight is 256 g/mol. The highest BCUT2D eigenvalue weighted by molar-refractivity contribution is 4.75. The molecule has 0 aliphatic carbocycles. The van der Waals surface area contributed by atoms with E-state index in [1.165, 1.54) is 57.8 Å². The first kappa shape index (κ1) is 15.9. The van der Waals surface area contributed by atoms with Crippen LogP contribution in [-0.4, -0.2) is 18.8 Å². The fourth-order valence-corrected chi connectivity index (χ4v) is 3.18. The van der Waals surface area contributed by atoms with Crippen molar-refractivity contribution in [2.75, 3.05) is 6.61 Å². The molecule has 1 heterocycles. The van der Waals surface area contributed by atoms with Gasteiger partial charge in [-0.05, 0) is 50.9 Å². The van der Waals surface area contributed by atoms with Crippen LogP contribution in [0.5, 0.6) is 0 Å². The summed E-state index contributed by atoms with van der Waals surface area (Å²) in [6, 6.07) is 0.492. The van der Waals surface area contributed by atoms with E-state index in [0.717, 1.165) is 12.5 Å². The lowest BCUT2D eigenvalue weighted by atomic mass is 9.87. The second-order valence-electron chi connectivity index (χ2n) is 5.68. The molecule has 0 aromatic carbocycles. The molecule has 2 atom stereocenters. The minimum atomic E-state index is 0.492. The van der Waals surface area contributed by atoms with Gasteiger partial charge in [0.1, 0.15) is 0 Å². The van der Waals surface area contributed by atoms with Crippen LogP contribution < -0.4 is 11.3 Å². The highest BCUT2D eigenvalue weighted by atomic mass is 16.5. The Hall–Kier alpha value is -0.120. The van der Waals surface area contributed by atoms with Crippen molar-refractivity contribution in [2.45, 2.75) is 83.8 Å². The summed E-state index contributed by atoms with van der Waals surface area (Å²) in [5.74, 6) is 6.49. The highest BCUT2D eigenvalue weighted by Gasteiger charge is 2.20. The molecule has 1 aliphatic rings. The maximum atomic E-state index is 5.75. The maximum Gasteiger partial charge on any atom is 0.0576 e. The molecule has 108 valence electrons. The molecule has 3 heteroatoms. The lowest BCUT2D eigenvalue weighted by Crippen LogP contribution is -2.41. The van der Waals surface area contributed by atoms with Gasteiger partial charge in [-0.1, -0.05) is 26.7 Å². The van der Waals surface area contributed by atoms with Crippen molar-refractivity contribution in [1.29, 1.82) is 0 Å². The minimum Gasteiger partial charge on any atom is -0.378 e. The Balaban J connectivity index is 2.24. The number of hydrogen-bond donors (Lipinski definition) is 2. The van der Waals surface area contributed by atoms with Crippen molar-refractivity contribution in [3.63, 3.8) is 0 Å². The van der Waals surface area contributed by atoms with Crippen LogP contribution in [0.2, 0.25) is 0 Å². The monoisotopic (exact) mass is 256 g/mol. The summed E-state index contributed by atoms with van der Waals surface area (Å²) >= 11 is 0. The van der Waals surface area contributed by atoms with Crippen LogP contribution in [0.25, 0.3) is 0 Å². The van der Waals surface area contributed by atoms with Crippen molar-refractivity contribution in [3.8, 4) is 0 Å². The zero-order valence-electron chi connectivity index (χ0n) is 12.3. The van der Waals surface area contributed by atoms with Gasteiger partial charge in [0.2, 0.25) is 0 Å². The number of hydrazine groups is 1. The van der Waals surface area contributed by atoms with E-state index in [-0.39, 0.29) is 0 Å². The third kappa shape index (κ3) is 5.68. The van der Waals surface area contributed by atoms with E-state index in [4.69, 9.17) is 10.6 Å². The van der Waals surface area contributed by atoms with E-state index in [0.29, 0.717) is 12.1 Å². The number of nitrogens with two attached hydrogens (primary N) is 1. The van der Waals surface area contributed by atoms with E-state index < -0.39 is 0 Å². The van der Waals surface area contributed by atoms with Gasteiger partial charge in [0.15, 0.2) is 0 Å². The number of nitrogens with one attached hydrogen (secondary N) is 1. The van der Waals surface area contributed by atoms with Gasteiger partial charge in [-0.25, -0.2) is 0 Å². The van der Waals surface area contributed by atoms with Crippen LogP contribution in [-0.2, 0) is 4.74 Å². The predicted octanol–water partition coefficient (Wildman–Crippen LogP) is 3.38. The maximum absolute atomic E-state index is 5.75. The van der Waals surface area contributed by atoms with Crippen molar-refractivity contribution in [1.82, 2.24) is 5.43 Å². The molecule has 18 heavy (non-hydrogen) atoms. The summed E-state index contributed by atoms with van der Waals surface area (Å²) in [6.07, 6.45) is 11.8. The molecule has 1 saturated heterocycles. The summed E-state index contributed by atoms with van der Waals surface area (Å²) in [5.41, 5.74) is 3.06. The van der Waals surface area contributed by atoms with Gasteiger partial charge in [-0.2, -0.15) is 0 Å². The summed E-state index contributed by atoms with van der Waals surface area (Å²) in [6.45, 7) is 5.50. The first-order chi connectivity index (χ1) is 8.81. The fourth-order valence-electron chi connectivity index (χ4n) is 3.18. The van der Waals surface area contributed by atoms with Crippen LogP contribution in [0, 0.1) is 5.92 Å². The van der Waals surface area contributed by atoms with E-state index in [9.17, 15) is 0 Å². The Morgan fingerprint density at radius 2 is 1.94 bits per heavy atom. The second-order valence-corrected chi connectivity index (χ2v) is 5.68. The standard InChI is InChI=1S/C15H32N2O/c1-3-7-13(8-4-2)15(17-16)11-5-9-14-10-6-12-18-14/h13-15,17H,3-12,16H2,1-2H3. The first-order valence-corrected chi connectivity index (χ1v) is 7.89. The van der Waals surface area contributed by atoms with Crippen LogP contribution in [0.4, 0.5) is 0 Å². The molecule has 0 spiro atoms. The van der Waals surface area contributed by atoms with Gasteiger partial charge in [-0.15, -0.1) is 0 Å². The largest absolute Gasteiger partial charge is 0.378 e. The molecule has 2 unspecified atom stereocenters. The van der Waals surface area contributed by atoms with Gasteiger partial charge in [0, 0.05) is 12.6 Å². The van der Waals surface area contributed by atoms with Crippen molar-refractivity contribution in [3.05, 3.63) is 0 Å². The van der Waals surface area contributed by atoms with Crippen LogP contribution >= 0.6 is 0 Å². The van der Waals surface area contributed by atoms with Gasteiger partial charge in [0.25, 0.3) is 0 Å². The quantitative estimate of drug-likeness (QED) is 0.465. The third-order valence-electron chi connectivity index (χ3n) is 4.17. The van der Waals surface area contributed by atoms with Gasteiger partial charge in [-0.3, -0.25) is 11.3 Å². The fraction of sp³-hybridized carbons (Fsp3) is 1.00. The van der Waals surface area contributed by atoms with E-state index in [1.54, 1.807) is 0 Å². The molecule has 0 amide bonds. The zero-order valence-corrected chi connectivity index (χ0v) is 12.3. The molecule has 1 fully saturated rings. The Kier molecular flexibility index (Phi) is 8.64. The molecule has 0 radical (unpaired) electrons. The smallest absolute Gasteiger partial charge is 0.0576 e. The average Bonchev–Trinajstić information content (AvgIpc) is 2.88. The lowest BCUT2D eigenvalue weighted by Gasteiger charge is -2.26. The first-order valence-electron chi connectivity index (χ1n) is 7.89. The molecule has 0 aromatic rings. The van der Waals surface area contributed by atoms with Gasteiger partial charge < -0.3 is 4.74 Å². The summed E-state index contributed by atoms with van der Waals surface area (Å²) in [4.78, 5) is 0. The molecular weight excluding hydrogens is 224 g/mol. The molecule has 3 N–H and O–H groups in total. The van der Waals surface area contributed by atoms with Crippen LogP contribution in [0.3, 0.4) is 0 Å². The zero-order chi connectivity index (χ0) is 13.2. The Bertz CT molecular complexity index is 187. The molecular formula is C15H32N2O. The molecule has 0 saturated carbocycles. The Labute approximate surface area is 113 Å². The van der Waals surface area contributed by atoms with Crippen molar-refractivity contribution < 1.29 is 4.74 Å². The van der Waals surface area contributed by atoms with E-state index in [2.05, 4.69) is 19.3 Å². The minimum absolute atomic E-state index is 0.492. The summed E-state index contributed by atoms with van der Waals surface area (Å²) < 4.78 is 5.67. The summed E-state index contributed by atoms with van der Waals surface area (Å²) in [5, 5.41) is 0. The van der Waals surface area contributed by atoms with E-state index in [1.807, 2.05) is 0 Å². The third-order valence-corrected chi connectivity index (χ3v) is 4.17. The van der Waals surface area contributed by atoms with E-state index >= 15 is 0 Å². The van der Waals surface area contributed by atoms with Gasteiger partial charge in [0.05, 0.1) is 6.10 Å². The second kappa shape index (κ2) is 9.76. The van der Waals surface area contributed by atoms with Crippen LogP contribution in [0.1, 0.15) is 71.6 Å². The SMILES string of the molecule is CCCC(CCC)C(CCCC1CCCO1)NN. The molecule has 0 bridgehead atoms. The topological polar surface area (TPSA) is 47.3 Å². The molecule has 3 nitrogen and oxygen atoms in total. The van der Waals surface area contributed by atoms with Gasteiger partial charge >= 0.3 is 0 Å².